The van der Waals surface area contributed by atoms with Gasteiger partial charge in [-0.05, 0) is 92.3 Å². The van der Waals surface area contributed by atoms with Gasteiger partial charge in [-0.1, -0.05) is 18.2 Å². The first-order valence-electron chi connectivity index (χ1n) is 11.1. The van der Waals surface area contributed by atoms with Gasteiger partial charge in [-0.25, -0.2) is 0 Å². The number of ether oxygens (including phenoxy) is 1. The van der Waals surface area contributed by atoms with Crippen LogP contribution in [0.15, 0.2) is 91.3 Å². The molecule has 1 N–H and O–H groups in total. The van der Waals surface area contributed by atoms with E-state index in [-0.39, 0.29) is 12.1 Å². The number of aromatic nitrogens is 2. The summed E-state index contributed by atoms with van der Waals surface area (Å²) in [4.78, 5) is 6.87. The number of anilines is 1. The van der Waals surface area contributed by atoms with Gasteiger partial charge >= 0.3 is 0 Å². The first-order chi connectivity index (χ1) is 16.2. The van der Waals surface area contributed by atoms with Crippen LogP contribution < -0.4 is 15.0 Å². The van der Waals surface area contributed by atoms with Crippen molar-refractivity contribution in [1.29, 1.82) is 0 Å². The van der Waals surface area contributed by atoms with Crippen molar-refractivity contribution in [3.05, 3.63) is 108 Å². The van der Waals surface area contributed by atoms with E-state index >= 15 is 0 Å². The minimum absolute atomic E-state index is 0.0734. The number of nitrogens with one attached hydrogen (secondary N) is 1. The molecule has 1 aliphatic heterocycles. The van der Waals surface area contributed by atoms with E-state index in [1.54, 1.807) is 0 Å². The fourth-order valence-electron chi connectivity index (χ4n) is 4.45. The highest BCUT2D eigenvalue weighted by Crippen LogP contribution is 2.42. The number of pyridine rings is 1. The predicted octanol–water partition coefficient (Wildman–Crippen LogP) is 5.76. The molecule has 1 saturated heterocycles. The van der Waals surface area contributed by atoms with Gasteiger partial charge in [0.2, 0.25) is 0 Å². The number of aryl methyl sites for hydroxylation is 1. The molecule has 2 aromatic carbocycles. The van der Waals surface area contributed by atoms with Gasteiger partial charge in [0.1, 0.15) is 11.8 Å². The van der Waals surface area contributed by atoms with Crippen LogP contribution in [0.4, 0.5) is 5.69 Å². The molecule has 33 heavy (non-hydrogen) atoms. The maximum Gasteiger partial charge on any atom is 0.174 e. The summed E-state index contributed by atoms with van der Waals surface area (Å²) in [6.07, 6.45) is 3.92. The minimum atomic E-state index is -0.0874. The molecule has 6 heteroatoms. The lowest BCUT2D eigenvalue weighted by Crippen LogP contribution is -2.30. The first kappa shape index (κ1) is 21.2. The van der Waals surface area contributed by atoms with Crippen LogP contribution in [0.25, 0.3) is 5.69 Å². The third-order valence-corrected chi connectivity index (χ3v) is 6.20. The summed E-state index contributed by atoms with van der Waals surface area (Å²) in [5.41, 5.74) is 5.41. The van der Waals surface area contributed by atoms with Gasteiger partial charge in [0.05, 0.1) is 18.3 Å². The Morgan fingerprint density at radius 1 is 0.970 bits per heavy atom. The standard InChI is InChI=1S/C27H26N4OS/c1-3-32-22-14-12-20(13-15-22)30-17-7-11-24(30)26-25(23-10-4-5-16-28-23)29-27(33)31(26)21-9-6-8-19(2)18-21/h4-18,25-26H,3H2,1-2H3,(H,29,33)/t25-,26+/m1/s1. The molecular weight excluding hydrogens is 428 g/mol. The normalized spacial score (nSPS) is 17.8. The van der Waals surface area contributed by atoms with Crippen molar-refractivity contribution < 1.29 is 4.74 Å². The van der Waals surface area contributed by atoms with Crippen molar-refractivity contribution in [2.75, 3.05) is 11.5 Å². The molecule has 0 spiro atoms. The van der Waals surface area contributed by atoms with Gasteiger partial charge in [-0.3, -0.25) is 4.98 Å². The van der Waals surface area contributed by atoms with E-state index in [2.05, 4.69) is 87.5 Å². The molecule has 2 aromatic heterocycles. The summed E-state index contributed by atoms with van der Waals surface area (Å²) in [5, 5.41) is 4.24. The molecule has 2 atom stereocenters. The van der Waals surface area contributed by atoms with Gasteiger partial charge in [-0.2, -0.15) is 0 Å². The van der Waals surface area contributed by atoms with Gasteiger partial charge in [0.25, 0.3) is 0 Å². The second-order valence-electron chi connectivity index (χ2n) is 8.07. The van der Waals surface area contributed by atoms with Gasteiger partial charge in [0.15, 0.2) is 5.11 Å². The zero-order valence-electron chi connectivity index (χ0n) is 18.7. The molecule has 3 heterocycles. The molecule has 0 amide bonds. The fraction of sp³-hybridized carbons (Fsp3) is 0.185. The third-order valence-electron chi connectivity index (χ3n) is 5.89. The Labute approximate surface area is 199 Å². The Morgan fingerprint density at radius 3 is 2.55 bits per heavy atom. The zero-order valence-corrected chi connectivity index (χ0v) is 19.5. The number of benzene rings is 2. The molecule has 4 aromatic rings. The van der Waals surface area contributed by atoms with Crippen molar-refractivity contribution in [3.8, 4) is 11.4 Å². The van der Waals surface area contributed by atoms with Crippen LogP contribution in [0.3, 0.4) is 0 Å². The van der Waals surface area contributed by atoms with E-state index in [0.717, 1.165) is 28.5 Å². The average Bonchev–Trinajstić information content (AvgIpc) is 3.44. The average molecular weight is 455 g/mol. The zero-order chi connectivity index (χ0) is 22.8. The molecule has 5 nitrogen and oxygen atoms in total. The Bertz CT molecular complexity index is 1250. The number of hydrogen-bond donors (Lipinski definition) is 1. The Morgan fingerprint density at radius 2 is 1.82 bits per heavy atom. The van der Waals surface area contributed by atoms with E-state index < -0.39 is 0 Å². The van der Waals surface area contributed by atoms with Crippen molar-refractivity contribution in [1.82, 2.24) is 14.9 Å². The lowest BCUT2D eigenvalue weighted by molar-refractivity contribution is 0.340. The van der Waals surface area contributed by atoms with Crippen LogP contribution in [-0.4, -0.2) is 21.3 Å². The smallest absolute Gasteiger partial charge is 0.174 e. The molecule has 0 saturated carbocycles. The second kappa shape index (κ2) is 9.08. The summed E-state index contributed by atoms with van der Waals surface area (Å²) in [6.45, 7) is 4.74. The fourth-order valence-corrected chi connectivity index (χ4v) is 4.80. The highest BCUT2D eigenvalue weighted by molar-refractivity contribution is 7.80. The highest BCUT2D eigenvalue weighted by Gasteiger charge is 2.42. The summed E-state index contributed by atoms with van der Waals surface area (Å²) in [5.74, 6) is 0.867. The van der Waals surface area contributed by atoms with E-state index in [4.69, 9.17) is 17.0 Å². The number of rotatable bonds is 6. The van der Waals surface area contributed by atoms with Crippen LogP contribution in [-0.2, 0) is 0 Å². The number of thiocarbonyl (C=S) groups is 1. The Balaban J connectivity index is 1.62. The molecule has 0 unspecified atom stereocenters. The van der Waals surface area contributed by atoms with E-state index in [1.807, 2.05) is 37.4 Å². The lowest BCUT2D eigenvalue weighted by Gasteiger charge is -2.29. The third kappa shape index (κ3) is 4.10. The summed E-state index contributed by atoms with van der Waals surface area (Å²) in [6, 6.07) is 26.7. The molecule has 0 radical (unpaired) electrons. The quantitative estimate of drug-likeness (QED) is 0.376. The second-order valence-corrected chi connectivity index (χ2v) is 8.45. The molecule has 0 bridgehead atoms. The van der Waals surface area contributed by atoms with Crippen LogP contribution in [0, 0.1) is 6.92 Å². The van der Waals surface area contributed by atoms with Crippen LogP contribution in [0.5, 0.6) is 5.75 Å². The van der Waals surface area contributed by atoms with Crippen molar-refractivity contribution in [2.24, 2.45) is 0 Å². The van der Waals surface area contributed by atoms with Crippen molar-refractivity contribution in [2.45, 2.75) is 25.9 Å². The number of hydrogen-bond acceptors (Lipinski definition) is 3. The molecule has 1 aliphatic rings. The maximum atomic E-state index is 5.86. The SMILES string of the molecule is CCOc1ccc(-n2cccc2[C@H]2[C@@H](c3ccccn3)NC(=S)N2c2cccc(C)c2)cc1. The minimum Gasteiger partial charge on any atom is -0.494 e. The van der Waals surface area contributed by atoms with Gasteiger partial charge in [-0.15, -0.1) is 0 Å². The predicted molar refractivity (Wildman–Crippen MR) is 136 cm³/mol. The van der Waals surface area contributed by atoms with Gasteiger partial charge < -0.3 is 19.5 Å². The monoisotopic (exact) mass is 454 g/mol. The van der Waals surface area contributed by atoms with Crippen LogP contribution in [0.2, 0.25) is 0 Å². The van der Waals surface area contributed by atoms with Crippen molar-refractivity contribution in [3.63, 3.8) is 0 Å². The lowest BCUT2D eigenvalue weighted by atomic mass is 10.0. The molecule has 0 aliphatic carbocycles. The topological polar surface area (TPSA) is 42.3 Å². The summed E-state index contributed by atoms with van der Waals surface area (Å²) >= 11 is 5.86. The summed E-state index contributed by atoms with van der Waals surface area (Å²) < 4.78 is 7.85. The molecule has 166 valence electrons. The van der Waals surface area contributed by atoms with E-state index in [0.29, 0.717) is 11.7 Å². The maximum absolute atomic E-state index is 5.86. The van der Waals surface area contributed by atoms with Gasteiger partial charge in [0, 0.05) is 29.5 Å². The Hall–Kier alpha value is -3.64. The summed E-state index contributed by atoms with van der Waals surface area (Å²) in [7, 11) is 0. The largest absolute Gasteiger partial charge is 0.494 e. The van der Waals surface area contributed by atoms with Crippen molar-refractivity contribution >= 4 is 23.0 Å². The van der Waals surface area contributed by atoms with E-state index in [9.17, 15) is 0 Å². The Kier molecular flexibility index (Phi) is 5.84. The van der Waals surface area contributed by atoms with E-state index in [1.165, 1.54) is 5.56 Å². The first-order valence-corrected chi connectivity index (χ1v) is 11.5. The molecule has 1 fully saturated rings. The van der Waals surface area contributed by atoms with Crippen LogP contribution >= 0.6 is 12.2 Å². The molecular formula is C27H26N4OS. The molecule has 5 rings (SSSR count). The van der Waals surface area contributed by atoms with Crippen LogP contribution in [0.1, 0.15) is 36.0 Å². The highest BCUT2D eigenvalue weighted by atomic mass is 32.1. The number of nitrogens with zero attached hydrogens (tertiary/aromatic N) is 3.